The highest BCUT2D eigenvalue weighted by Crippen LogP contribution is 2.15. The van der Waals surface area contributed by atoms with Gasteiger partial charge in [0.25, 0.3) is 5.91 Å². The number of anilines is 1. The minimum absolute atomic E-state index is 0.113. The van der Waals surface area contributed by atoms with Gasteiger partial charge in [0.15, 0.2) is 5.69 Å². The van der Waals surface area contributed by atoms with Crippen LogP contribution in [0.1, 0.15) is 20.8 Å². The Morgan fingerprint density at radius 3 is 2.53 bits per heavy atom. The summed E-state index contributed by atoms with van der Waals surface area (Å²) in [5.41, 5.74) is 0.324. The molecule has 0 bridgehead atoms. The van der Waals surface area contributed by atoms with E-state index in [0.717, 1.165) is 4.47 Å². The van der Waals surface area contributed by atoms with Gasteiger partial charge in [0.05, 0.1) is 0 Å². The fraction of sp³-hybridized carbons (Fsp3) is 0.0833. The molecule has 0 spiro atoms. The Morgan fingerprint density at radius 1 is 1.32 bits per heavy atom. The summed E-state index contributed by atoms with van der Waals surface area (Å²) in [6.07, 6.45) is 1.29. The maximum atomic E-state index is 12.0. The predicted molar refractivity (Wildman–Crippen MR) is 72.3 cm³/mol. The zero-order chi connectivity index (χ0) is 14.0. The molecule has 0 aliphatic carbocycles. The van der Waals surface area contributed by atoms with Crippen molar-refractivity contribution >= 4 is 33.5 Å². The lowest BCUT2D eigenvalue weighted by Gasteiger charge is -2.03. The summed E-state index contributed by atoms with van der Waals surface area (Å²) in [6, 6.07) is 6.94. The van der Waals surface area contributed by atoms with E-state index >= 15 is 0 Å². The van der Waals surface area contributed by atoms with E-state index in [2.05, 4.69) is 26.3 Å². The second-order valence-corrected chi connectivity index (χ2v) is 4.75. The summed E-state index contributed by atoms with van der Waals surface area (Å²) in [5, 5.41) is 15.4. The molecule has 7 heteroatoms. The van der Waals surface area contributed by atoms with E-state index in [9.17, 15) is 9.59 Å². The van der Waals surface area contributed by atoms with Gasteiger partial charge >= 0.3 is 5.97 Å². The molecular weight excluding hydrogens is 314 g/mol. The molecule has 6 nitrogen and oxygen atoms in total. The van der Waals surface area contributed by atoms with Crippen LogP contribution in [0.3, 0.4) is 0 Å². The second-order valence-electron chi connectivity index (χ2n) is 3.83. The number of benzene rings is 1. The number of amides is 1. The first-order chi connectivity index (χ1) is 8.97. The van der Waals surface area contributed by atoms with E-state index in [4.69, 9.17) is 5.11 Å². The lowest BCUT2D eigenvalue weighted by atomic mass is 10.2. The molecule has 0 fully saturated rings. The smallest absolute Gasteiger partial charge is 0.339 e. The zero-order valence-electron chi connectivity index (χ0n) is 9.92. The van der Waals surface area contributed by atoms with Gasteiger partial charge in [0.1, 0.15) is 5.56 Å². The third kappa shape index (κ3) is 3.00. The number of halogens is 1. The van der Waals surface area contributed by atoms with Crippen LogP contribution in [0.25, 0.3) is 0 Å². The van der Waals surface area contributed by atoms with Crippen LogP contribution in [0.2, 0.25) is 0 Å². The van der Waals surface area contributed by atoms with Gasteiger partial charge in [0.2, 0.25) is 0 Å². The van der Waals surface area contributed by atoms with Crippen molar-refractivity contribution in [2.24, 2.45) is 7.05 Å². The molecule has 0 saturated heterocycles. The normalized spacial score (nSPS) is 10.2. The number of carboxylic acid groups (broad SMARTS) is 1. The Hall–Kier alpha value is -2.15. The monoisotopic (exact) mass is 323 g/mol. The second kappa shape index (κ2) is 5.23. The van der Waals surface area contributed by atoms with Crippen molar-refractivity contribution in [2.45, 2.75) is 0 Å². The average Bonchev–Trinajstić information content (AvgIpc) is 2.74. The first kappa shape index (κ1) is 13.3. The molecule has 1 aromatic carbocycles. The van der Waals surface area contributed by atoms with Gasteiger partial charge in [-0.3, -0.25) is 9.48 Å². The highest BCUT2D eigenvalue weighted by Gasteiger charge is 2.20. The highest BCUT2D eigenvalue weighted by atomic mass is 79.9. The third-order valence-corrected chi connectivity index (χ3v) is 2.91. The predicted octanol–water partition coefficient (Wildman–Crippen LogP) is 2.13. The maximum absolute atomic E-state index is 12.0. The van der Waals surface area contributed by atoms with E-state index in [1.54, 1.807) is 31.3 Å². The molecule has 0 aliphatic rings. The number of carboxylic acids is 1. The van der Waals surface area contributed by atoms with Gasteiger partial charge in [-0.2, -0.15) is 5.10 Å². The van der Waals surface area contributed by atoms with Crippen molar-refractivity contribution in [3.63, 3.8) is 0 Å². The number of aryl methyl sites for hydroxylation is 1. The number of aromatic nitrogens is 2. The fourth-order valence-electron chi connectivity index (χ4n) is 1.54. The first-order valence-electron chi connectivity index (χ1n) is 5.31. The number of hydrogen-bond acceptors (Lipinski definition) is 3. The van der Waals surface area contributed by atoms with Crippen LogP contribution < -0.4 is 5.32 Å². The summed E-state index contributed by atoms with van der Waals surface area (Å²) in [4.78, 5) is 23.0. The maximum Gasteiger partial charge on any atom is 0.339 e. The molecule has 0 saturated carbocycles. The van der Waals surface area contributed by atoms with Crippen molar-refractivity contribution in [1.29, 1.82) is 0 Å². The summed E-state index contributed by atoms with van der Waals surface area (Å²) in [5.74, 6) is -1.74. The minimum Gasteiger partial charge on any atom is -0.478 e. The van der Waals surface area contributed by atoms with Crippen LogP contribution in [0.15, 0.2) is 34.9 Å². The molecule has 19 heavy (non-hydrogen) atoms. The van der Waals surface area contributed by atoms with Crippen molar-refractivity contribution in [2.75, 3.05) is 5.32 Å². The molecule has 98 valence electrons. The van der Waals surface area contributed by atoms with E-state index in [0.29, 0.717) is 5.69 Å². The molecule has 0 aliphatic heterocycles. The van der Waals surface area contributed by atoms with Gasteiger partial charge in [-0.25, -0.2) is 4.79 Å². The Morgan fingerprint density at radius 2 is 1.95 bits per heavy atom. The molecule has 2 aromatic rings. The van der Waals surface area contributed by atoms with Gasteiger partial charge in [-0.05, 0) is 24.3 Å². The Balaban J connectivity index is 2.25. The number of hydrogen-bond donors (Lipinski definition) is 2. The molecule has 0 atom stereocenters. The molecule has 0 radical (unpaired) electrons. The lowest BCUT2D eigenvalue weighted by Crippen LogP contribution is -2.16. The van der Waals surface area contributed by atoms with Crippen LogP contribution >= 0.6 is 15.9 Å². The summed E-state index contributed by atoms with van der Waals surface area (Å²) in [7, 11) is 1.56. The topological polar surface area (TPSA) is 84.2 Å². The standard InChI is InChI=1S/C12H10BrN3O3/c1-16-6-9(12(18)19)10(15-16)11(17)14-8-4-2-7(13)3-5-8/h2-6H,1H3,(H,14,17)(H,18,19). The Labute approximate surface area is 117 Å². The fourth-order valence-corrected chi connectivity index (χ4v) is 1.80. The Bertz CT molecular complexity index is 634. The van der Waals surface area contributed by atoms with Crippen molar-refractivity contribution in [1.82, 2.24) is 9.78 Å². The van der Waals surface area contributed by atoms with Crippen molar-refractivity contribution < 1.29 is 14.7 Å². The number of carbonyl (C=O) groups is 2. The number of nitrogens with one attached hydrogen (secondary N) is 1. The number of carbonyl (C=O) groups excluding carboxylic acids is 1. The highest BCUT2D eigenvalue weighted by molar-refractivity contribution is 9.10. The van der Waals surface area contributed by atoms with Gasteiger partial charge in [0, 0.05) is 23.4 Å². The Kier molecular flexibility index (Phi) is 3.66. The molecule has 2 rings (SSSR count). The minimum atomic E-state index is -1.19. The van der Waals surface area contributed by atoms with Gasteiger partial charge < -0.3 is 10.4 Å². The van der Waals surface area contributed by atoms with Crippen LogP contribution in [0.4, 0.5) is 5.69 Å². The van der Waals surface area contributed by atoms with E-state index < -0.39 is 11.9 Å². The van der Waals surface area contributed by atoms with Crippen LogP contribution in [0, 0.1) is 0 Å². The molecule has 1 aromatic heterocycles. The average molecular weight is 324 g/mol. The number of nitrogens with zero attached hydrogens (tertiary/aromatic N) is 2. The third-order valence-electron chi connectivity index (χ3n) is 2.38. The number of aromatic carboxylic acids is 1. The van der Waals surface area contributed by atoms with Gasteiger partial charge in [-0.15, -0.1) is 0 Å². The summed E-state index contributed by atoms with van der Waals surface area (Å²) < 4.78 is 2.18. The van der Waals surface area contributed by atoms with Crippen LogP contribution in [-0.2, 0) is 7.05 Å². The molecular formula is C12H10BrN3O3. The molecule has 1 amide bonds. The van der Waals surface area contributed by atoms with Crippen LogP contribution in [0.5, 0.6) is 0 Å². The molecule has 1 heterocycles. The zero-order valence-corrected chi connectivity index (χ0v) is 11.5. The quantitative estimate of drug-likeness (QED) is 0.906. The van der Waals surface area contributed by atoms with E-state index in [1.165, 1.54) is 10.9 Å². The van der Waals surface area contributed by atoms with E-state index in [1.807, 2.05) is 0 Å². The summed E-state index contributed by atoms with van der Waals surface area (Å²) in [6.45, 7) is 0. The molecule has 0 unspecified atom stereocenters. The van der Waals surface area contributed by atoms with Crippen molar-refractivity contribution in [3.8, 4) is 0 Å². The SMILES string of the molecule is Cn1cc(C(=O)O)c(C(=O)Nc2ccc(Br)cc2)n1. The lowest BCUT2D eigenvalue weighted by molar-refractivity contribution is 0.0692. The van der Waals surface area contributed by atoms with Crippen LogP contribution in [-0.4, -0.2) is 26.8 Å². The summed E-state index contributed by atoms with van der Waals surface area (Å²) >= 11 is 3.28. The van der Waals surface area contributed by atoms with Gasteiger partial charge in [-0.1, -0.05) is 15.9 Å². The molecule has 2 N–H and O–H groups in total. The first-order valence-corrected chi connectivity index (χ1v) is 6.10. The van der Waals surface area contributed by atoms with Crippen molar-refractivity contribution in [3.05, 3.63) is 46.2 Å². The largest absolute Gasteiger partial charge is 0.478 e. The van der Waals surface area contributed by atoms with E-state index in [-0.39, 0.29) is 11.3 Å². The number of rotatable bonds is 3.